The van der Waals surface area contributed by atoms with E-state index in [1.807, 2.05) is 13.0 Å². The number of benzene rings is 2. The third-order valence-corrected chi connectivity index (χ3v) is 5.16. The summed E-state index contributed by atoms with van der Waals surface area (Å²) in [6.45, 7) is 6.40. The van der Waals surface area contributed by atoms with Gasteiger partial charge >= 0.3 is 0 Å². The number of anilines is 4. The number of rotatable bonds is 4. The Hall–Kier alpha value is -2.88. The van der Waals surface area contributed by atoms with Crippen molar-refractivity contribution in [1.29, 1.82) is 0 Å². The Morgan fingerprint density at radius 3 is 2.15 bits per heavy atom. The first-order chi connectivity index (χ1) is 12.6. The first-order valence-corrected chi connectivity index (χ1v) is 9.27. The lowest BCUT2D eigenvalue weighted by atomic mass is 10.0. The van der Waals surface area contributed by atoms with Gasteiger partial charge in [0.25, 0.3) is 0 Å². The fourth-order valence-electron chi connectivity index (χ4n) is 3.70. The molecule has 134 valence electrons. The molecule has 0 bridgehead atoms. The van der Waals surface area contributed by atoms with E-state index in [0.717, 1.165) is 29.2 Å². The molecule has 4 heteroatoms. The smallest absolute Gasteiger partial charge is 0.131 e. The zero-order chi connectivity index (χ0) is 18.1. The van der Waals surface area contributed by atoms with Crippen molar-refractivity contribution in [3.63, 3.8) is 0 Å². The molecule has 0 spiro atoms. The summed E-state index contributed by atoms with van der Waals surface area (Å²) < 4.78 is 0. The summed E-state index contributed by atoms with van der Waals surface area (Å²) in [6, 6.07) is 14.9. The molecule has 2 aromatic carbocycles. The summed E-state index contributed by atoms with van der Waals surface area (Å²) in [4.78, 5) is 0. The van der Waals surface area contributed by atoms with Gasteiger partial charge in [-0.1, -0.05) is 55.5 Å². The minimum absolute atomic E-state index is 0.147. The third-order valence-electron chi connectivity index (χ3n) is 5.16. The Morgan fingerprint density at radius 2 is 1.62 bits per heavy atom. The second kappa shape index (κ2) is 6.45. The molecule has 0 saturated heterocycles. The van der Waals surface area contributed by atoms with E-state index in [4.69, 9.17) is 0 Å². The van der Waals surface area contributed by atoms with E-state index in [-0.39, 0.29) is 11.8 Å². The average molecular weight is 346 g/mol. The molecular weight excluding hydrogens is 320 g/mol. The van der Waals surface area contributed by atoms with E-state index >= 15 is 0 Å². The van der Waals surface area contributed by atoms with Crippen LogP contribution in [-0.2, 0) is 5.66 Å². The van der Waals surface area contributed by atoms with Gasteiger partial charge in [0.2, 0.25) is 0 Å². The van der Waals surface area contributed by atoms with Crippen molar-refractivity contribution < 1.29 is 0 Å². The zero-order valence-electron chi connectivity index (χ0n) is 15.6. The van der Waals surface area contributed by atoms with Crippen LogP contribution in [0.4, 0.5) is 22.7 Å². The molecule has 2 aliphatic rings. The van der Waals surface area contributed by atoms with Crippen molar-refractivity contribution in [2.24, 2.45) is 0 Å². The van der Waals surface area contributed by atoms with Crippen LogP contribution in [0.15, 0.2) is 66.3 Å². The highest BCUT2D eigenvalue weighted by atomic mass is 15.3. The number of allylic oxidation sites excluding steroid dienone is 3. The molecule has 0 saturated carbocycles. The molecule has 2 aliphatic heterocycles. The molecule has 2 heterocycles. The monoisotopic (exact) mass is 346 g/mol. The van der Waals surface area contributed by atoms with E-state index < -0.39 is 0 Å². The Bertz CT molecular complexity index is 832. The molecule has 2 aromatic rings. The summed E-state index contributed by atoms with van der Waals surface area (Å²) >= 11 is 0. The zero-order valence-corrected chi connectivity index (χ0v) is 15.6. The van der Waals surface area contributed by atoms with Crippen molar-refractivity contribution in [1.82, 2.24) is 0 Å². The molecule has 0 aromatic heterocycles. The van der Waals surface area contributed by atoms with E-state index in [9.17, 15) is 0 Å². The maximum absolute atomic E-state index is 3.64. The molecule has 4 nitrogen and oxygen atoms in total. The van der Waals surface area contributed by atoms with Gasteiger partial charge in [0, 0.05) is 0 Å². The van der Waals surface area contributed by atoms with Crippen LogP contribution in [0.2, 0.25) is 0 Å². The standard InChI is InChI=1S/C22H26N4/c1-4-6-10-15(5-2)21-23-17-13-19-20(14-18(17)24-21)26-22(3,25-19)16-11-8-7-9-12-16/h4,6-14,21,23-26H,5H2,1-3H3. The van der Waals surface area contributed by atoms with Gasteiger partial charge in [-0.05, 0) is 43.5 Å². The van der Waals surface area contributed by atoms with E-state index in [0.29, 0.717) is 0 Å². The second-order valence-electron chi connectivity index (χ2n) is 7.03. The third kappa shape index (κ3) is 2.81. The predicted molar refractivity (Wildman–Crippen MR) is 112 cm³/mol. The molecule has 4 rings (SSSR count). The highest BCUT2D eigenvalue weighted by Crippen LogP contribution is 2.45. The average Bonchev–Trinajstić information content (AvgIpc) is 3.20. The Morgan fingerprint density at radius 1 is 1.00 bits per heavy atom. The van der Waals surface area contributed by atoms with Crippen LogP contribution in [-0.4, -0.2) is 6.17 Å². The van der Waals surface area contributed by atoms with E-state index in [2.05, 4.69) is 89.7 Å². The molecule has 0 radical (unpaired) electrons. The van der Waals surface area contributed by atoms with Gasteiger partial charge in [0.15, 0.2) is 0 Å². The van der Waals surface area contributed by atoms with Crippen LogP contribution in [0.3, 0.4) is 0 Å². The van der Waals surface area contributed by atoms with E-state index in [1.54, 1.807) is 0 Å². The SMILES string of the molecule is CC=CC=C(CC)C1Nc2cc3c(cc2N1)NC(C)(c1ccccc1)N3. The van der Waals surface area contributed by atoms with Crippen molar-refractivity contribution in [3.05, 3.63) is 71.8 Å². The van der Waals surface area contributed by atoms with Gasteiger partial charge in [-0.3, -0.25) is 0 Å². The molecule has 0 amide bonds. The van der Waals surface area contributed by atoms with Crippen LogP contribution in [0.25, 0.3) is 0 Å². The molecule has 0 atom stereocenters. The first-order valence-electron chi connectivity index (χ1n) is 9.27. The van der Waals surface area contributed by atoms with Crippen LogP contribution in [0, 0.1) is 0 Å². The highest BCUT2D eigenvalue weighted by molar-refractivity contribution is 5.90. The summed E-state index contributed by atoms with van der Waals surface area (Å²) in [5, 5.41) is 14.5. The minimum Gasteiger partial charge on any atom is -0.360 e. The van der Waals surface area contributed by atoms with Crippen molar-refractivity contribution >= 4 is 22.7 Å². The van der Waals surface area contributed by atoms with Crippen molar-refractivity contribution in [2.45, 2.75) is 39.0 Å². The second-order valence-corrected chi connectivity index (χ2v) is 7.03. The fraction of sp³-hybridized carbons (Fsp3) is 0.273. The van der Waals surface area contributed by atoms with Crippen molar-refractivity contribution in [3.8, 4) is 0 Å². The topological polar surface area (TPSA) is 48.1 Å². The lowest BCUT2D eigenvalue weighted by molar-refractivity contribution is 0.651. The minimum atomic E-state index is -0.293. The van der Waals surface area contributed by atoms with Crippen LogP contribution < -0.4 is 21.3 Å². The van der Waals surface area contributed by atoms with Gasteiger partial charge < -0.3 is 21.3 Å². The van der Waals surface area contributed by atoms with Gasteiger partial charge in [0.05, 0.1) is 22.7 Å². The van der Waals surface area contributed by atoms with Crippen LogP contribution in [0.1, 0.15) is 32.8 Å². The molecule has 0 aliphatic carbocycles. The molecular formula is C22H26N4. The highest BCUT2D eigenvalue weighted by Gasteiger charge is 2.35. The molecule has 0 fully saturated rings. The summed E-state index contributed by atoms with van der Waals surface area (Å²) in [5.41, 5.74) is 6.80. The van der Waals surface area contributed by atoms with Crippen molar-refractivity contribution in [2.75, 3.05) is 21.3 Å². The predicted octanol–water partition coefficient (Wildman–Crippen LogP) is 5.47. The summed E-state index contributed by atoms with van der Waals surface area (Å²) in [5.74, 6) is 0. The quantitative estimate of drug-likeness (QED) is 0.554. The Kier molecular flexibility index (Phi) is 4.11. The maximum Gasteiger partial charge on any atom is 0.131 e. The van der Waals surface area contributed by atoms with E-state index in [1.165, 1.54) is 11.1 Å². The number of hydrogen-bond donors (Lipinski definition) is 4. The number of nitrogens with one attached hydrogen (secondary N) is 4. The first kappa shape index (κ1) is 16.6. The van der Waals surface area contributed by atoms with Gasteiger partial charge in [-0.25, -0.2) is 0 Å². The Balaban J connectivity index is 1.58. The fourth-order valence-corrected chi connectivity index (χ4v) is 3.70. The van der Waals surface area contributed by atoms with Crippen LogP contribution in [0.5, 0.6) is 0 Å². The lowest BCUT2D eigenvalue weighted by Gasteiger charge is -2.26. The van der Waals surface area contributed by atoms with Gasteiger partial charge in [-0.15, -0.1) is 0 Å². The van der Waals surface area contributed by atoms with Crippen LogP contribution >= 0.6 is 0 Å². The summed E-state index contributed by atoms with van der Waals surface area (Å²) in [7, 11) is 0. The number of hydrogen-bond acceptors (Lipinski definition) is 4. The largest absolute Gasteiger partial charge is 0.360 e. The lowest BCUT2D eigenvalue weighted by Crippen LogP contribution is -2.34. The number of fused-ring (bicyclic) bond motifs is 2. The Labute approximate surface area is 155 Å². The van der Waals surface area contributed by atoms with Gasteiger partial charge in [0.1, 0.15) is 11.8 Å². The normalized spacial score (nSPS) is 17.9. The molecule has 26 heavy (non-hydrogen) atoms. The van der Waals surface area contributed by atoms with Gasteiger partial charge in [-0.2, -0.15) is 0 Å². The molecule has 0 unspecified atom stereocenters. The maximum atomic E-state index is 3.64. The molecule has 4 N–H and O–H groups in total. The summed E-state index contributed by atoms with van der Waals surface area (Å²) in [6.07, 6.45) is 7.50.